The molecule has 0 aliphatic carbocycles. The number of rotatable bonds is 15. The second kappa shape index (κ2) is 18.0. The normalized spacial score (nSPS) is 28.1. The summed E-state index contributed by atoms with van der Waals surface area (Å²) in [6.07, 6.45) is -12.0. The molecule has 0 N–H and O–H groups in total. The Balaban J connectivity index is 2.76. The SMILES string of the molecule is COC(OC)[C@@H]1OC(C)(C)O[C@H]1[C@H](O[C@H]1O[C@H](COC(C)=O)[C@@H](OC(C)=O)[C@H](OC(C)=O)[C@H]1OC(C)=O)[C@@H](COC(C)=O)SC(C)=O. The molecule has 2 aliphatic heterocycles. The average Bonchev–Trinajstić information content (AvgIpc) is 3.25. The molecule has 0 aromatic heterocycles. The van der Waals surface area contributed by atoms with Crippen LogP contribution in [0.5, 0.6) is 0 Å². The van der Waals surface area contributed by atoms with Crippen molar-refractivity contribution >= 4 is 46.7 Å². The zero-order chi connectivity index (χ0) is 35.6. The lowest BCUT2D eigenvalue weighted by atomic mass is 9.97. The standard InChI is InChI=1S/C29H44O17S/c1-13(30)38-11-19-21(40-15(3)32)23(41-16(4)33)25(42-17(5)34)28(43-19)44-22(20(47-18(6)35)12-39-14(2)31)24-26(27(36-9)37-10)46-29(7,8)45-24/h19-28H,11-12H2,1-10H3/t19-,20-,21-,22-,23+,24+,25-,26-,28-/m1/s1. The highest BCUT2D eigenvalue weighted by atomic mass is 32.2. The van der Waals surface area contributed by atoms with E-state index < -0.39 is 103 Å². The Morgan fingerprint density at radius 1 is 0.702 bits per heavy atom. The van der Waals surface area contributed by atoms with Gasteiger partial charge in [0.1, 0.15) is 37.6 Å². The Bertz CT molecular complexity index is 1120. The number of methoxy groups -OCH3 is 2. The lowest BCUT2D eigenvalue weighted by molar-refractivity contribution is -0.324. The molecule has 2 saturated heterocycles. The second-order valence-electron chi connectivity index (χ2n) is 11.0. The molecule has 2 heterocycles. The first kappa shape index (κ1) is 40.3. The summed E-state index contributed by atoms with van der Waals surface area (Å²) in [5, 5.41) is -1.40. The van der Waals surface area contributed by atoms with Gasteiger partial charge in [0.15, 0.2) is 41.8 Å². The predicted octanol–water partition coefficient (Wildman–Crippen LogP) is 0.805. The highest BCUT2D eigenvalue weighted by Gasteiger charge is 2.57. The van der Waals surface area contributed by atoms with Gasteiger partial charge in [0, 0.05) is 55.8 Å². The van der Waals surface area contributed by atoms with E-state index >= 15 is 0 Å². The molecule has 0 spiro atoms. The molecule has 17 nitrogen and oxygen atoms in total. The maximum absolute atomic E-state index is 12.5. The van der Waals surface area contributed by atoms with Crippen LogP contribution in [0.4, 0.5) is 0 Å². The molecule has 0 aromatic rings. The smallest absolute Gasteiger partial charge is 0.303 e. The van der Waals surface area contributed by atoms with Crippen molar-refractivity contribution in [2.75, 3.05) is 27.4 Å². The van der Waals surface area contributed by atoms with Gasteiger partial charge in [-0.3, -0.25) is 28.8 Å². The highest BCUT2D eigenvalue weighted by Crippen LogP contribution is 2.39. The molecule has 18 heteroatoms. The van der Waals surface area contributed by atoms with Crippen LogP contribution in [0.15, 0.2) is 0 Å². The van der Waals surface area contributed by atoms with Crippen molar-refractivity contribution in [1.82, 2.24) is 0 Å². The molecule has 0 unspecified atom stereocenters. The van der Waals surface area contributed by atoms with Crippen LogP contribution in [-0.4, -0.2) is 129 Å². The summed E-state index contributed by atoms with van der Waals surface area (Å²) in [5.41, 5.74) is 0. The summed E-state index contributed by atoms with van der Waals surface area (Å²) in [6, 6.07) is 0. The average molecular weight is 697 g/mol. The van der Waals surface area contributed by atoms with Crippen LogP contribution in [0.25, 0.3) is 0 Å². The molecule has 9 atom stereocenters. The van der Waals surface area contributed by atoms with Gasteiger partial charge in [-0.1, -0.05) is 11.8 Å². The quantitative estimate of drug-likeness (QED) is 0.132. The van der Waals surface area contributed by atoms with E-state index in [1.54, 1.807) is 13.8 Å². The van der Waals surface area contributed by atoms with Crippen LogP contribution in [-0.2, 0) is 80.9 Å². The van der Waals surface area contributed by atoms with Crippen LogP contribution >= 0.6 is 11.8 Å². The third-order valence-corrected chi connectivity index (χ3v) is 7.63. The van der Waals surface area contributed by atoms with E-state index in [-0.39, 0.29) is 11.7 Å². The summed E-state index contributed by atoms with van der Waals surface area (Å²) in [5.74, 6) is -5.12. The molecule has 47 heavy (non-hydrogen) atoms. The minimum Gasteiger partial charge on any atom is -0.465 e. The number of hydrogen-bond acceptors (Lipinski definition) is 18. The van der Waals surface area contributed by atoms with E-state index in [9.17, 15) is 28.8 Å². The summed E-state index contributed by atoms with van der Waals surface area (Å²) >= 11 is 0.759. The van der Waals surface area contributed by atoms with Gasteiger partial charge in [0.05, 0.1) is 5.25 Å². The molecule has 0 aromatic carbocycles. The first-order valence-corrected chi connectivity index (χ1v) is 15.4. The second-order valence-corrected chi connectivity index (χ2v) is 12.4. The van der Waals surface area contributed by atoms with Crippen molar-refractivity contribution < 1.29 is 80.9 Å². The van der Waals surface area contributed by atoms with Gasteiger partial charge in [-0.05, 0) is 13.8 Å². The van der Waals surface area contributed by atoms with E-state index in [2.05, 4.69) is 0 Å². The number of thioether (sulfide) groups is 1. The Morgan fingerprint density at radius 3 is 1.70 bits per heavy atom. The first-order valence-electron chi connectivity index (χ1n) is 14.6. The molecule has 0 saturated carbocycles. The van der Waals surface area contributed by atoms with E-state index in [0.29, 0.717) is 0 Å². The van der Waals surface area contributed by atoms with Gasteiger partial charge in [-0.2, -0.15) is 0 Å². The number of ether oxygens (including phenoxy) is 11. The largest absolute Gasteiger partial charge is 0.465 e. The number of carbonyl (C=O) groups is 6. The van der Waals surface area contributed by atoms with Gasteiger partial charge in [-0.25, -0.2) is 0 Å². The molecule has 0 radical (unpaired) electrons. The van der Waals surface area contributed by atoms with Crippen molar-refractivity contribution in [2.24, 2.45) is 0 Å². The topological polar surface area (TPSA) is 204 Å². The van der Waals surface area contributed by atoms with Gasteiger partial charge < -0.3 is 52.1 Å². The molecular formula is C29H44O17S. The van der Waals surface area contributed by atoms with Gasteiger partial charge in [-0.15, -0.1) is 0 Å². The monoisotopic (exact) mass is 696 g/mol. The third kappa shape index (κ3) is 12.3. The van der Waals surface area contributed by atoms with Crippen molar-refractivity contribution in [3.8, 4) is 0 Å². The molecule has 2 fully saturated rings. The third-order valence-electron chi connectivity index (χ3n) is 6.59. The lowest BCUT2D eigenvalue weighted by Crippen LogP contribution is -2.64. The Kier molecular flexibility index (Phi) is 15.5. The predicted molar refractivity (Wildman–Crippen MR) is 157 cm³/mol. The molecule has 268 valence electrons. The molecular weight excluding hydrogens is 652 g/mol. The molecule has 0 amide bonds. The van der Waals surface area contributed by atoms with E-state index in [4.69, 9.17) is 52.1 Å². The van der Waals surface area contributed by atoms with Crippen LogP contribution in [0, 0.1) is 0 Å². The molecule has 2 rings (SSSR count). The lowest BCUT2D eigenvalue weighted by Gasteiger charge is -2.46. The summed E-state index contributed by atoms with van der Waals surface area (Å²) in [4.78, 5) is 72.9. The maximum Gasteiger partial charge on any atom is 0.303 e. The van der Waals surface area contributed by atoms with Gasteiger partial charge in [0.25, 0.3) is 0 Å². The summed E-state index contributed by atoms with van der Waals surface area (Å²) in [6.45, 7) is 9.22. The fraction of sp³-hybridized carbons (Fsp3) is 0.793. The van der Waals surface area contributed by atoms with Crippen LogP contribution in [0.3, 0.4) is 0 Å². The molecule has 2 aliphatic rings. The maximum atomic E-state index is 12.5. The van der Waals surface area contributed by atoms with Crippen LogP contribution < -0.4 is 0 Å². The minimum absolute atomic E-state index is 0.368. The van der Waals surface area contributed by atoms with Gasteiger partial charge in [0.2, 0.25) is 0 Å². The van der Waals surface area contributed by atoms with Crippen molar-refractivity contribution in [2.45, 2.75) is 122 Å². The minimum atomic E-state index is -1.66. The fourth-order valence-electron chi connectivity index (χ4n) is 5.08. The number of hydrogen-bond donors (Lipinski definition) is 0. The Labute approximate surface area is 276 Å². The Morgan fingerprint density at radius 2 is 1.21 bits per heavy atom. The van der Waals surface area contributed by atoms with Crippen molar-refractivity contribution in [1.29, 1.82) is 0 Å². The highest BCUT2D eigenvalue weighted by molar-refractivity contribution is 8.14. The number of esters is 5. The summed E-state index contributed by atoms with van der Waals surface area (Å²) in [7, 11) is 2.74. The fourth-order valence-corrected chi connectivity index (χ4v) is 6.00. The van der Waals surface area contributed by atoms with Crippen molar-refractivity contribution in [3.63, 3.8) is 0 Å². The van der Waals surface area contributed by atoms with E-state index in [1.165, 1.54) is 28.1 Å². The Hall–Kier alpha value is -2.87. The van der Waals surface area contributed by atoms with E-state index in [1.807, 2.05) is 0 Å². The molecule has 0 bridgehead atoms. The van der Waals surface area contributed by atoms with E-state index in [0.717, 1.165) is 39.5 Å². The summed E-state index contributed by atoms with van der Waals surface area (Å²) < 4.78 is 62.8. The van der Waals surface area contributed by atoms with Crippen LogP contribution in [0.1, 0.15) is 55.4 Å². The van der Waals surface area contributed by atoms with Crippen molar-refractivity contribution in [3.05, 3.63) is 0 Å². The zero-order valence-corrected chi connectivity index (χ0v) is 28.9. The number of carbonyl (C=O) groups excluding carboxylic acids is 6. The first-order chi connectivity index (χ1) is 21.9. The van der Waals surface area contributed by atoms with Gasteiger partial charge >= 0.3 is 29.8 Å². The zero-order valence-electron chi connectivity index (χ0n) is 28.0. The van der Waals surface area contributed by atoms with Crippen LogP contribution in [0.2, 0.25) is 0 Å².